The zero-order chi connectivity index (χ0) is 10.7. The average molecular weight is 252 g/mol. The van der Waals surface area contributed by atoms with Crippen LogP contribution >= 0.6 is 34.8 Å². The third-order valence-electron chi connectivity index (χ3n) is 1.48. The predicted molar refractivity (Wildman–Crippen MR) is 57.6 cm³/mol. The Morgan fingerprint density at radius 2 is 1.93 bits per heavy atom. The van der Waals surface area contributed by atoms with Gasteiger partial charge in [-0.15, -0.1) is 0 Å². The van der Waals surface area contributed by atoms with Crippen molar-refractivity contribution >= 4 is 45.5 Å². The van der Waals surface area contributed by atoms with Crippen molar-refractivity contribution in [3.63, 3.8) is 0 Å². The maximum absolute atomic E-state index is 10.4. The molecular weight excluding hydrogens is 248 g/mol. The molecule has 0 bridgehead atoms. The summed E-state index contributed by atoms with van der Waals surface area (Å²) in [4.78, 5) is 9.91. The van der Waals surface area contributed by atoms with E-state index in [9.17, 15) is 10.1 Å². The second-order valence-corrected chi connectivity index (χ2v) is 3.71. The number of halogens is 3. The van der Waals surface area contributed by atoms with Gasteiger partial charge in [-0.25, -0.2) is 0 Å². The molecule has 0 N–H and O–H groups in total. The van der Waals surface area contributed by atoms with Gasteiger partial charge in [0.1, 0.15) is 4.49 Å². The molecule has 0 saturated carbocycles. The largest absolute Gasteiger partial charge is 0.270 e. The van der Waals surface area contributed by atoms with Crippen LogP contribution in [0.1, 0.15) is 5.56 Å². The monoisotopic (exact) mass is 251 g/mol. The Balaban J connectivity index is 3.19. The number of nitro groups is 1. The Morgan fingerprint density at radius 1 is 1.29 bits per heavy atom. The summed E-state index contributed by atoms with van der Waals surface area (Å²) in [5.74, 6) is 0. The standard InChI is InChI=1S/C8H4Cl3NO2/c9-7(8(10)11)5-2-1-3-6(4-5)12(13)14/h1-4H. The van der Waals surface area contributed by atoms with Crippen molar-refractivity contribution in [2.45, 2.75) is 0 Å². The molecule has 74 valence electrons. The van der Waals surface area contributed by atoms with Crippen LogP contribution in [0.2, 0.25) is 0 Å². The molecule has 0 fully saturated rings. The Kier molecular flexibility index (Phi) is 3.75. The molecule has 0 spiro atoms. The number of benzene rings is 1. The van der Waals surface area contributed by atoms with Gasteiger partial charge < -0.3 is 0 Å². The minimum Gasteiger partial charge on any atom is -0.258 e. The van der Waals surface area contributed by atoms with Crippen molar-refractivity contribution in [2.75, 3.05) is 0 Å². The highest BCUT2D eigenvalue weighted by Gasteiger charge is 2.09. The summed E-state index contributed by atoms with van der Waals surface area (Å²) in [6, 6.07) is 5.75. The minimum atomic E-state index is -0.518. The summed E-state index contributed by atoms with van der Waals surface area (Å²) in [5, 5.41) is 10.5. The molecule has 0 amide bonds. The van der Waals surface area contributed by atoms with Crippen LogP contribution in [0.25, 0.3) is 5.03 Å². The Morgan fingerprint density at radius 3 is 2.43 bits per heavy atom. The van der Waals surface area contributed by atoms with E-state index >= 15 is 0 Å². The first-order valence-electron chi connectivity index (χ1n) is 3.48. The van der Waals surface area contributed by atoms with Crippen LogP contribution in [-0.2, 0) is 0 Å². The lowest BCUT2D eigenvalue weighted by Gasteiger charge is -1.98. The highest BCUT2D eigenvalue weighted by atomic mass is 35.5. The van der Waals surface area contributed by atoms with Gasteiger partial charge >= 0.3 is 0 Å². The molecule has 0 aliphatic heterocycles. The van der Waals surface area contributed by atoms with E-state index in [-0.39, 0.29) is 15.2 Å². The number of hydrogen-bond donors (Lipinski definition) is 0. The molecule has 0 saturated heterocycles. The first kappa shape index (κ1) is 11.3. The van der Waals surface area contributed by atoms with Gasteiger partial charge in [-0.3, -0.25) is 10.1 Å². The van der Waals surface area contributed by atoms with Crippen LogP contribution in [0.5, 0.6) is 0 Å². The van der Waals surface area contributed by atoms with Crippen molar-refractivity contribution in [2.24, 2.45) is 0 Å². The third kappa shape index (κ3) is 2.61. The van der Waals surface area contributed by atoms with Crippen molar-refractivity contribution in [1.82, 2.24) is 0 Å². The van der Waals surface area contributed by atoms with E-state index in [4.69, 9.17) is 34.8 Å². The van der Waals surface area contributed by atoms with Gasteiger partial charge in [0.25, 0.3) is 5.69 Å². The quantitative estimate of drug-likeness (QED) is 0.591. The fourth-order valence-electron chi connectivity index (χ4n) is 0.865. The maximum Gasteiger partial charge on any atom is 0.270 e. The molecular formula is C8H4Cl3NO2. The van der Waals surface area contributed by atoms with E-state index in [1.54, 1.807) is 6.07 Å². The van der Waals surface area contributed by atoms with E-state index in [1.165, 1.54) is 18.2 Å². The molecule has 0 radical (unpaired) electrons. The lowest BCUT2D eigenvalue weighted by molar-refractivity contribution is -0.384. The minimum absolute atomic E-state index is 0.0600. The topological polar surface area (TPSA) is 43.1 Å². The highest BCUT2D eigenvalue weighted by molar-refractivity contribution is 6.66. The number of nitro benzene ring substituents is 1. The molecule has 0 atom stereocenters. The molecule has 3 nitrogen and oxygen atoms in total. The van der Waals surface area contributed by atoms with E-state index in [0.29, 0.717) is 5.56 Å². The Hall–Kier alpha value is -0.770. The van der Waals surface area contributed by atoms with Crippen molar-refractivity contribution < 1.29 is 4.92 Å². The highest BCUT2D eigenvalue weighted by Crippen LogP contribution is 2.29. The van der Waals surface area contributed by atoms with Crippen LogP contribution in [0.4, 0.5) is 5.69 Å². The fraction of sp³-hybridized carbons (Fsp3) is 0. The normalized spacial score (nSPS) is 9.64. The zero-order valence-corrected chi connectivity index (χ0v) is 8.97. The average Bonchev–Trinajstić information content (AvgIpc) is 2.16. The summed E-state index contributed by atoms with van der Waals surface area (Å²) >= 11 is 16.6. The van der Waals surface area contributed by atoms with E-state index < -0.39 is 4.92 Å². The van der Waals surface area contributed by atoms with E-state index in [2.05, 4.69) is 0 Å². The van der Waals surface area contributed by atoms with E-state index in [0.717, 1.165) is 0 Å². The van der Waals surface area contributed by atoms with Gasteiger partial charge in [-0.1, -0.05) is 46.9 Å². The molecule has 0 unspecified atom stereocenters. The van der Waals surface area contributed by atoms with Gasteiger partial charge in [0.15, 0.2) is 0 Å². The molecule has 1 aromatic rings. The molecule has 1 aromatic carbocycles. The smallest absolute Gasteiger partial charge is 0.258 e. The summed E-state index contributed by atoms with van der Waals surface area (Å²) in [5.41, 5.74) is 0.358. The predicted octanol–water partition coefficient (Wildman–Crippen LogP) is 3.94. The second kappa shape index (κ2) is 4.64. The zero-order valence-electron chi connectivity index (χ0n) is 6.71. The van der Waals surface area contributed by atoms with E-state index in [1.807, 2.05) is 0 Å². The molecule has 0 aliphatic rings. The fourth-order valence-corrected chi connectivity index (χ4v) is 1.20. The summed E-state index contributed by atoms with van der Waals surface area (Å²) in [6.07, 6.45) is 0. The summed E-state index contributed by atoms with van der Waals surface area (Å²) in [7, 11) is 0. The lowest BCUT2D eigenvalue weighted by atomic mass is 10.2. The van der Waals surface area contributed by atoms with Gasteiger partial charge in [-0.2, -0.15) is 0 Å². The Labute approximate surface area is 95.0 Å². The van der Waals surface area contributed by atoms with Crippen LogP contribution in [0.15, 0.2) is 28.8 Å². The van der Waals surface area contributed by atoms with Crippen LogP contribution in [-0.4, -0.2) is 4.92 Å². The molecule has 0 aliphatic carbocycles. The van der Waals surface area contributed by atoms with Crippen LogP contribution in [0, 0.1) is 10.1 Å². The number of hydrogen-bond acceptors (Lipinski definition) is 2. The van der Waals surface area contributed by atoms with Gasteiger partial charge in [0, 0.05) is 17.7 Å². The number of nitrogens with zero attached hydrogens (tertiary/aromatic N) is 1. The SMILES string of the molecule is O=[N+]([O-])c1cccc(C(Cl)=C(Cl)Cl)c1. The lowest BCUT2D eigenvalue weighted by Crippen LogP contribution is -1.88. The maximum atomic E-state index is 10.4. The van der Waals surface area contributed by atoms with Crippen molar-refractivity contribution in [1.29, 1.82) is 0 Å². The van der Waals surface area contributed by atoms with Crippen molar-refractivity contribution in [3.8, 4) is 0 Å². The molecule has 0 heterocycles. The summed E-state index contributed by atoms with van der Waals surface area (Å²) in [6.45, 7) is 0. The summed E-state index contributed by atoms with van der Waals surface area (Å²) < 4.78 is -0.118. The third-order valence-corrected chi connectivity index (χ3v) is 2.45. The first-order chi connectivity index (χ1) is 6.52. The van der Waals surface area contributed by atoms with Crippen LogP contribution in [0.3, 0.4) is 0 Å². The van der Waals surface area contributed by atoms with Gasteiger partial charge in [-0.05, 0) is 0 Å². The Bertz CT molecular complexity index is 399. The van der Waals surface area contributed by atoms with Gasteiger partial charge in [0.05, 0.1) is 9.96 Å². The van der Waals surface area contributed by atoms with Crippen LogP contribution < -0.4 is 0 Å². The second-order valence-electron chi connectivity index (χ2n) is 2.38. The molecule has 1 rings (SSSR count). The first-order valence-corrected chi connectivity index (χ1v) is 4.61. The van der Waals surface area contributed by atoms with Gasteiger partial charge in [0.2, 0.25) is 0 Å². The molecule has 6 heteroatoms. The number of rotatable bonds is 2. The van der Waals surface area contributed by atoms with Crippen molar-refractivity contribution in [3.05, 3.63) is 44.4 Å². The number of non-ortho nitro benzene ring substituents is 1. The molecule has 14 heavy (non-hydrogen) atoms. The molecule has 0 aromatic heterocycles.